The van der Waals surface area contributed by atoms with Crippen LogP contribution in [0.1, 0.15) is 11.1 Å². The molecule has 0 bridgehead atoms. The summed E-state index contributed by atoms with van der Waals surface area (Å²) in [5, 5.41) is 0. The Labute approximate surface area is 107 Å². The van der Waals surface area contributed by atoms with E-state index in [1.54, 1.807) is 0 Å². The van der Waals surface area contributed by atoms with Crippen LogP contribution in [-0.2, 0) is 12.7 Å². The highest BCUT2D eigenvalue weighted by Crippen LogP contribution is 2.38. The van der Waals surface area contributed by atoms with E-state index in [0.717, 1.165) is 12.1 Å². The Hall–Kier alpha value is -1.88. The maximum Gasteiger partial charge on any atom is 0.417 e. The van der Waals surface area contributed by atoms with E-state index < -0.39 is 17.6 Å². The van der Waals surface area contributed by atoms with Gasteiger partial charge >= 0.3 is 6.18 Å². The van der Waals surface area contributed by atoms with Crippen LogP contribution in [0.3, 0.4) is 0 Å². The first-order chi connectivity index (χ1) is 8.93. The summed E-state index contributed by atoms with van der Waals surface area (Å²) in [7, 11) is 0. The fraction of sp³-hybridized carbons (Fsp3) is 0.143. The van der Waals surface area contributed by atoms with Gasteiger partial charge < -0.3 is 5.73 Å². The third kappa shape index (κ3) is 2.76. The van der Waals surface area contributed by atoms with Crippen LogP contribution in [0.15, 0.2) is 42.5 Å². The third-order valence-corrected chi connectivity index (χ3v) is 2.79. The molecule has 2 aromatic carbocycles. The second-order valence-corrected chi connectivity index (χ2v) is 4.06. The topological polar surface area (TPSA) is 26.0 Å². The fourth-order valence-electron chi connectivity index (χ4n) is 1.87. The monoisotopic (exact) mass is 269 g/mol. The predicted molar refractivity (Wildman–Crippen MR) is 64.7 cm³/mol. The molecule has 0 heterocycles. The van der Waals surface area contributed by atoms with Crippen LogP contribution < -0.4 is 5.73 Å². The van der Waals surface area contributed by atoms with E-state index >= 15 is 0 Å². The minimum Gasteiger partial charge on any atom is -0.326 e. The molecule has 5 heteroatoms. The molecule has 0 atom stereocenters. The van der Waals surface area contributed by atoms with Crippen molar-refractivity contribution in [2.24, 2.45) is 5.73 Å². The lowest BCUT2D eigenvalue weighted by Crippen LogP contribution is -2.09. The summed E-state index contributed by atoms with van der Waals surface area (Å²) in [4.78, 5) is 0. The number of alkyl halides is 3. The molecule has 0 aromatic heterocycles. The number of halogens is 4. The van der Waals surface area contributed by atoms with Crippen LogP contribution in [0.5, 0.6) is 0 Å². The van der Waals surface area contributed by atoms with Crippen LogP contribution in [0.25, 0.3) is 11.1 Å². The fourth-order valence-corrected chi connectivity index (χ4v) is 1.87. The summed E-state index contributed by atoms with van der Waals surface area (Å²) in [6.07, 6.45) is -4.55. The molecule has 19 heavy (non-hydrogen) atoms. The van der Waals surface area contributed by atoms with Crippen LogP contribution in [0.2, 0.25) is 0 Å². The van der Waals surface area contributed by atoms with Gasteiger partial charge in [-0.05, 0) is 23.3 Å². The van der Waals surface area contributed by atoms with Gasteiger partial charge in [-0.3, -0.25) is 0 Å². The van der Waals surface area contributed by atoms with Gasteiger partial charge in [-0.15, -0.1) is 0 Å². The molecule has 0 amide bonds. The molecule has 100 valence electrons. The minimum absolute atomic E-state index is 0.000627. The molecule has 0 saturated heterocycles. The van der Waals surface area contributed by atoms with E-state index in [0.29, 0.717) is 5.56 Å². The standard InChI is InChI=1S/C14H11F4N/c15-13-4-2-1-3-11(13)10-6-5-9(8-19)7-12(10)14(16,17)18/h1-7H,8,19H2. The van der Waals surface area contributed by atoms with Crippen molar-refractivity contribution >= 4 is 0 Å². The van der Waals surface area contributed by atoms with Crippen LogP contribution in [0.4, 0.5) is 17.6 Å². The average molecular weight is 269 g/mol. The molecule has 0 radical (unpaired) electrons. The van der Waals surface area contributed by atoms with Gasteiger partial charge in [0.1, 0.15) is 5.82 Å². The lowest BCUT2D eigenvalue weighted by molar-refractivity contribution is -0.137. The van der Waals surface area contributed by atoms with Gasteiger partial charge in [0.15, 0.2) is 0 Å². The molecular weight excluding hydrogens is 258 g/mol. The Kier molecular flexibility index (Phi) is 3.57. The minimum atomic E-state index is -4.55. The quantitative estimate of drug-likeness (QED) is 0.820. The van der Waals surface area contributed by atoms with Crippen molar-refractivity contribution in [1.82, 2.24) is 0 Å². The van der Waals surface area contributed by atoms with Crippen molar-refractivity contribution in [3.63, 3.8) is 0 Å². The SMILES string of the molecule is NCc1ccc(-c2ccccc2F)c(C(F)(F)F)c1. The number of hydrogen-bond acceptors (Lipinski definition) is 1. The first-order valence-electron chi connectivity index (χ1n) is 5.58. The van der Waals surface area contributed by atoms with Gasteiger partial charge in [0.2, 0.25) is 0 Å². The van der Waals surface area contributed by atoms with Crippen LogP contribution >= 0.6 is 0 Å². The summed E-state index contributed by atoms with van der Waals surface area (Å²) >= 11 is 0. The van der Waals surface area contributed by atoms with Gasteiger partial charge in [0.05, 0.1) is 5.56 Å². The number of nitrogens with two attached hydrogens (primary N) is 1. The lowest BCUT2D eigenvalue weighted by atomic mass is 9.96. The van der Waals surface area contributed by atoms with Gasteiger partial charge in [0.25, 0.3) is 0 Å². The molecule has 2 N–H and O–H groups in total. The summed E-state index contributed by atoms with van der Waals surface area (Å²) in [6.45, 7) is 0.000627. The van der Waals surface area contributed by atoms with E-state index in [1.165, 1.54) is 30.3 Å². The Morgan fingerprint density at radius 3 is 2.21 bits per heavy atom. The Balaban J connectivity index is 2.67. The highest BCUT2D eigenvalue weighted by atomic mass is 19.4. The summed E-state index contributed by atoms with van der Waals surface area (Å²) < 4.78 is 52.7. The zero-order valence-corrected chi connectivity index (χ0v) is 9.84. The largest absolute Gasteiger partial charge is 0.417 e. The van der Waals surface area contributed by atoms with Crippen molar-refractivity contribution in [3.05, 3.63) is 59.4 Å². The van der Waals surface area contributed by atoms with Crippen LogP contribution in [-0.4, -0.2) is 0 Å². The van der Waals surface area contributed by atoms with Crippen molar-refractivity contribution in [2.75, 3.05) is 0 Å². The highest BCUT2D eigenvalue weighted by Gasteiger charge is 2.34. The molecule has 0 saturated carbocycles. The number of rotatable bonds is 2. The first-order valence-corrected chi connectivity index (χ1v) is 5.58. The van der Waals surface area contributed by atoms with E-state index in [9.17, 15) is 17.6 Å². The molecular formula is C14H11F4N. The predicted octanol–water partition coefficient (Wildman–Crippen LogP) is 3.97. The smallest absolute Gasteiger partial charge is 0.326 e. The molecule has 0 aliphatic heterocycles. The second-order valence-electron chi connectivity index (χ2n) is 4.06. The summed E-state index contributed by atoms with van der Waals surface area (Å²) in [5.41, 5.74) is 4.57. The van der Waals surface area contributed by atoms with Crippen molar-refractivity contribution < 1.29 is 17.6 Å². The lowest BCUT2D eigenvalue weighted by Gasteiger charge is -2.15. The normalized spacial score (nSPS) is 11.6. The van der Waals surface area contributed by atoms with E-state index in [4.69, 9.17) is 5.73 Å². The average Bonchev–Trinajstić information content (AvgIpc) is 2.38. The first kappa shape index (κ1) is 13.5. The molecule has 0 spiro atoms. The van der Waals surface area contributed by atoms with Crippen LogP contribution in [0, 0.1) is 5.82 Å². The second kappa shape index (κ2) is 5.01. The molecule has 1 nitrogen and oxygen atoms in total. The van der Waals surface area contributed by atoms with Gasteiger partial charge in [-0.1, -0.05) is 30.3 Å². The van der Waals surface area contributed by atoms with Gasteiger partial charge in [-0.2, -0.15) is 13.2 Å². The van der Waals surface area contributed by atoms with Crippen molar-refractivity contribution in [1.29, 1.82) is 0 Å². The van der Waals surface area contributed by atoms with E-state index in [1.807, 2.05) is 0 Å². The molecule has 2 rings (SSSR count). The zero-order chi connectivity index (χ0) is 14.0. The van der Waals surface area contributed by atoms with Crippen molar-refractivity contribution in [3.8, 4) is 11.1 Å². The molecule has 2 aromatic rings. The van der Waals surface area contributed by atoms with Crippen molar-refractivity contribution in [2.45, 2.75) is 12.7 Å². The Bertz CT molecular complexity index is 590. The molecule has 0 fully saturated rings. The van der Waals surface area contributed by atoms with Gasteiger partial charge in [0, 0.05) is 12.1 Å². The third-order valence-electron chi connectivity index (χ3n) is 2.79. The molecule has 0 aliphatic carbocycles. The van der Waals surface area contributed by atoms with Gasteiger partial charge in [-0.25, -0.2) is 4.39 Å². The zero-order valence-electron chi connectivity index (χ0n) is 9.84. The summed E-state index contributed by atoms with van der Waals surface area (Å²) in [6, 6.07) is 9.06. The van der Waals surface area contributed by atoms with E-state index in [2.05, 4.69) is 0 Å². The maximum absolute atomic E-state index is 13.6. The highest BCUT2D eigenvalue weighted by molar-refractivity contribution is 5.69. The molecule has 0 unspecified atom stereocenters. The Morgan fingerprint density at radius 2 is 1.63 bits per heavy atom. The molecule has 0 aliphatic rings. The Morgan fingerprint density at radius 1 is 0.947 bits per heavy atom. The number of benzene rings is 2. The maximum atomic E-state index is 13.6. The van der Waals surface area contributed by atoms with E-state index in [-0.39, 0.29) is 17.7 Å². The summed E-state index contributed by atoms with van der Waals surface area (Å²) in [5.74, 6) is -0.687. The number of hydrogen-bond donors (Lipinski definition) is 1.